The number of hydrogen-bond donors (Lipinski definition) is 0. The van der Waals surface area contributed by atoms with Gasteiger partial charge in [0.05, 0.1) is 12.8 Å². The second-order valence-electron chi connectivity index (χ2n) is 5.70. The van der Waals surface area contributed by atoms with Gasteiger partial charge in [0, 0.05) is 30.6 Å². The molecule has 2 aromatic rings. The minimum absolute atomic E-state index is 0.0402. The third kappa shape index (κ3) is 3.93. The molecule has 0 N–H and O–H groups in total. The molecule has 0 bridgehead atoms. The van der Waals surface area contributed by atoms with Gasteiger partial charge in [0.25, 0.3) is 0 Å². The first-order valence-corrected chi connectivity index (χ1v) is 7.62. The van der Waals surface area contributed by atoms with Crippen molar-refractivity contribution in [2.24, 2.45) is 13.0 Å². The Labute approximate surface area is 131 Å². The lowest BCUT2D eigenvalue weighted by molar-refractivity contribution is 0.377. The van der Waals surface area contributed by atoms with Crippen LogP contribution in [0.5, 0.6) is 6.01 Å². The molecule has 5 heteroatoms. The van der Waals surface area contributed by atoms with Gasteiger partial charge in [-0.3, -0.25) is 4.79 Å². The van der Waals surface area contributed by atoms with E-state index in [0.717, 1.165) is 29.8 Å². The van der Waals surface area contributed by atoms with Gasteiger partial charge in [-0.25, -0.2) is 4.98 Å². The van der Waals surface area contributed by atoms with E-state index in [1.165, 1.54) is 6.42 Å². The van der Waals surface area contributed by atoms with E-state index < -0.39 is 0 Å². The number of methoxy groups -OCH3 is 1. The Bertz CT molecular complexity index is 695. The van der Waals surface area contributed by atoms with Crippen LogP contribution in [0, 0.1) is 5.92 Å². The maximum absolute atomic E-state index is 11.5. The highest BCUT2D eigenvalue weighted by Crippen LogP contribution is 2.21. The average molecular weight is 301 g/mol. The van der Waals surface area contributed by atoms with Crippen molar-refractivity contribution in [3.63, 3.8) is 0 Å². The highest BCUT2D eigenvalue weighted by molar-refractivity contribution is 5.58. The summed E-state index contributed by atoms with van der Waals surface area (Å²) in [5.74, 6) is 0.567. The van der Waals surface area contributed by atoms with Gasteiger partial charge >= 0.3 is 6.01 Å². The summed E-state index contributed by atoms with van der Waals surface area (Å²) in [5.41, 5.74) is 2.59. The van der Waals surface area contributed by atoms with Crippen LogP contribution in [0.1, 0.15) is 32.4 Å². The molecule has 0 aliphatic carbocycles. The fourth-order valence-electron chi connectivity index (χ4n) is 2.51. The van der Waals surface area contributed by atoms with Crippen LogP contribution >= 0.6 is 0 Å². The van der Waals surface area contributed by atoms with Crippen molar-refractivity contribution in [3.05, 3.63) is 40.4 Å². The van der Waals surface area contributed by atoms with Crippen molar-refractivity contribution in [1.29, 1.82) is 0 Å². The lowest BCUT2D eigenvalue weighted by atomic mass is 9.99. The smallest absolute Gasteiger partial charge is 0.316 e. The lowest BCUT2D eigenvalue weighted by Crippen LogP contribution is -2.14. The SMILES string of the molecule is CCCC(C)Cc1cc(-c2ccc(=O)n(C)c2)nc(OC)n1. The first-order valence-electron chi connectivity index (χ1n) is 7.62. The number of pyridine rings is 1. The summed E-state index contributed by atoms with van der Waals surface area (Å²) in [6, 6.07) is 5.67. The van der Waals surface area contributed by atoms with E-state index in [-0.39, 0.29) is 5.56 Å². The van der Waals surface area contributed by atoms with Crippen molar-refractivity contribution in [1.82, 2.24) is 14.5 Å². The Kier molecular flexibility index (Phi) is 5.31. The molecule has 1 atom stereocenters. The molecule has 118 valence electrons. The average Bonchev–Trinajstić information content (AvgIpc) is 2.49. The van der Waals surface area contributed by atoms with Crippen LogP contribution in [0.3, 0.4) is 0 Å². The van der Waals surface area contributed by atoms with E-state index in [9.17, 15) is 4.79 Å². The Morgan fingerprint density at radius 3 is 2.73 bits per heavy atom. The van der Waals surface area contributed by atoms with Crippen LogP contribution in [-0.2, 0) is 13.5 Å². The summed E-state index contributed by atoms with van der Waals surface area (Å²) < 4.78 is 6.77. The fraction of sp³-hybridized carbons (Fsp3) is 0.471. The van der Waals surface area contributed by atoms with E-state index in [1.54, 1.807) is 37.1 Å². The Morgan fingerprint density at radius 2 is 2.09 bits per heavy atom. The lowest BCUT2D eigenvalue weighted by Gasteiger charge is -2.12. The maximum Gasteiger partial charge on any atom is 0.316 e. The first-order chi connectivity index (χ1) is 10.5. The minimum Gasteiger partial charge on any atom is -0.467 e. The zero-order valence-corrected chi connectivity index (χ0v) is 13.7. The standard InChI is InChI=1S/C17H23N3O2/c1-5-6-12(2)9-14-10-15(19-17(18-14)22-4)13-7-8-16(21)20(3)11-13/h7-8,10-12H,5-6,9H2,1-4H3. The molecule has 0 aromatic carbocycles. The van der Waals surface area contributed by atoms with Crippen LogP contribution < -0.4 is 10.3 Å². The van der Waals surface area contributed by atoms with Gasteiger partial charge in [0.2, 0.25) is 5.56 Å². The summed E-state index contributed by atoms with van der Waals surface area (Å²) in [7, 11) is 3.30. The van der Waals surface area contributed by atoms with Gasteiger partial charge in [-0.2, -0.15) is 4.98 Å². The Hall–Kier alpha value is -2.17. The van der Waals surface area contributed by atoms with E-state index in [4.69, 9.17) is 4.74 Å². The zero-order chi connectivity index (χ0) is 16.1. The van der Waals surface area contributed by atoms with Gasteiger partial charge in [-0.1, -0.05) is 26.7 Å². The van der Waals surface area contributed by atoms with Crippen molar-refractivity contribution in [3.8, 4) is 17.3 Å². The van der Waals surface area contributed by atoms with E-state index in [1.807, 2.05) is 6.07 Å². The van der Waals surface area contributed by atoms with Crippen LogP contribution in [0.2, 0.25) is 0 Å². The summed E-state index contributed by atoms with van der Waals surface area (Å²) in [5, 5.41) is 0. The molecular weight excluding hydrogens is 278 g/mol. The maximum atomic E-state index is 11.5. The quantitative estimate of drug-likeness (QED) is 0.823. The molecule has 0 aliphatic heterocycles. The van der Waals surface area contributed by atoms with Crippen LogP contribution in [-0.4, -0.2) is 21.6 Å². The van der Waals surface area contributed by atoms with Crippen LogP contribution in [0.4, 0.5) is 0 Å². The number of aromatic nitrogens is 3. The third-order valence-corrected chi connectivity index (χ3v) is 3.66. The molecule has 22 heavy (non-hydrogen) atoms. The fourth-order valence-corrected chi connectivity index (χ4v) is 2.51. The molecular formula is C17H23N3O2. The number of hydrogen-bond acceptors (Lipinski definition) is 4. The van der Waals surface area contributed by atoms with Crippen molar-refractivity contribution in [2.75, 3.05) is 7.11 Å². The molecule has 2 aromatic heterocycles. The second-order valence-corrected chi connectivity index (χ2v) is 5.70. The third-order valence-electron chi connectivity index (χ3n) is 3.66. The van der Waals surface area contributed by atoms with Crippen LogP contribution in [0.25, 0.3) is 11.3 Å². The molecule has 0 amide bonds. The number of rotatable bonds is 6. The topological polar surface area (TPSA) is 57.0 Å². The molecule has 0 saturated heterocycles. The Balaban J connectivity index is 2.38. The van der Waals surface area contributed by atoms with Crippen molar-refractivity contribution in [2.45, 2.75) is 33.1 Å². The van der Waals surface area contributed by atoms with Gasteiger partial charge in [0.15, 0.2) is 0 Å². The predicted molar refractivity (Wildman–Crippen MR) is 87.0 cm³/mol. The largest absolute Gasteiger partial charge is 0.467 e. The summed E-state index contributed by atoms with van der Waals surface area (Å²) >= 11 is 0. The molecule has 0 fully saturated rings. The molecule has 1 unspecified atom stereocenters. The van der Waals surface area contributed by atoms with E-state index in [0.29, 0.717) is 11.9 Å². The molecule has 2 heterocycles. The molecule has 5 nitrogen and oxygen atoms in total. The number of ether oxygens (including phenoxy) is 1. The number of nitrogens with zero attached hydrogens (tertiary/aromatic N) is 3. The molecule has 2 rings (SSSR count). The van der Waals surface area contributed by atoms with Gasteiger partial charge in [-0.05, 0) is 24.5 Å². The molecule has 0 saturated carbocycles. The van der Waals surface area contributed by atoms with Gasteiger partial charge in [0.1, 0.15) is 0 Å². The molecule has 0 radical (unpaired) electrons. The first kappa shape index (κ1) is 16.2. The highest BCUT2D eigenvalue weighted by atomic mass is 16.5. The van der Waals surface area contributed by atoms with Crippen LogP contribution in [0.15, 0.2) is 29.2 Å². The van der Waals surface area contributed by atoms with E-state index >= 15 is 0 Å². The molecule has 0 aliphatic rings. The summed E-state index contributed by atoms with van der Waals surface area (Å²) in [4.78, 5) is 20.4. The number of aryl methyl sites for hydroxylation is 1. The predicted octanol–water partition coefficient (Wildman–Crippen LogP) is 2.83. The van der Waals surface area contributed by atoms with Crippen molar-refractivity contribution < 1.29 is 4.74 Å². The molecule has 0 spiro atoms. The van der Waals surface area contributed by atoms with Gasteiger partial charge < -0.3 is 9.30 Å². The summed E-state index contributed by atoms with van der Waals surface area (Å²) in [6.07, 6.45) is 5.01. The Morgan fingerprint density at radius 1 is 1.32 bits per heavy atom. The summed E-state index contributed by atoms with van der Waals surface area (Å²) in [6.45, 7) is 4.41. The highest BCUT2D eigenvalue weighted by Gasteiger charge is 2.10. The minimum atomic E-state index is -0.0402. The van der Waals surface area contributed by atoms with E-state index in [2.05, 4.69) is 23.8 Å². The normalized spacial score (nSPS) is 12.2. The second kappa shape index (κ2) is 7.20. The van der Waals surface area contributed by atoms with Crippen molar-refractivity contribution >= 4 is 0 Å². The zero-order valence-electron chi connectivity index (χ0n) is 13.7. The van der Waals surface area contributed by atoms with Gasteiger partial charge in [-0.15, -0.1) is 0 Å². The monoisotopic (exact) mass is 301 g/mol.